The van der Waals surface area contributed by atoms with Crippen LogP contribution in [0, 0.1) is 6.92 Å². The summed E-state index contributed by atoms with van der Waals surface area (Å²) in [5.41, 5.74) is 2.36. The molecule has 22 heavy (non-hydrogen) atoms. The third-order valence-electron chi connectivity index (χ3n) is 2.78. The van der Waals surface area contributed by atoms with Crippen molar-refractivity contribution in [3.05, 3.63) is 36.2 Å². The Bertz CT molecular complexity index is 601. The van der Waals surface area contributed by atoms with Crippen LogP contribution in [0.1, 0.15) is 5.69 Å². The van der Waals surface area contributed by atoms with Gasteiger partial charge in [0.15, 0.2) is 0 Å². The van der Waals surface area contributed by atoms with E-state index in [4.69, 9.17) is 9.15 Å². The van der Waals surface area contributed by atoms with Gasteiger partial charge in [-0.05, 0) is 25.1 Å². The Morgan fingerprint density at radius 2 is 2.23 bits per heavy atom. The molecule has 6 nitrogen and oxygen atoms in total. The number of anilines is 1. The lowest BCUT2D eigenvalue weighted by Gasteiger charge is -2.07. The van der Waals surface area contributed by atoms with Crippen LogP contribution in [0.15, 0.2) is 34.9 Å². The Morgan fingerprint density at radius 1 is 1.41 bits per heavy atom. The fourth-order valence-electron chi connectivity index (χ4n) is 1.80. The summed E-state index contributed by atoms with van der Waals surface area (Å²) >= 11 is 0. The van der Waals surface area contributed by atoms with E-state index in [0.29, 0.717) is 24.7 Å². The summed E-state index contributed by atoms with van der Waals surface area (Å²) < 4.78 is 10.2. The van der Waals surface area contributed by atoms with Gasteiger partial charge in [0.1, 0.15) is 6.26 Å². The van der Waals surface area contributed by atoms with E-state index >= 15 is 0 Å². The first-order chi connectivity index (χ1) is 10.2. The number of benzene rings is 1. The van der Waals surface area contributed by atoms with E-state index in [9.17, 15) is 4.79 Å². The van der Waals surface area contributed by atoms with Crippen molar-refractivity contribution in [1.29, 1.82) is 0 Å². The normalized spacial score (nSPS) is 10.1. The molecule has 7 heteroatoms. The lowest BCUT2D eigenvalue weighted by Crippen LogP contribution is -2.30. The molecule has 2 rings (SSSR count). The molecule has 2 N–H and O–H groups in total. The zero-order valence-electron chi connectivity index (χ0n) is 12.6. The number of nitrogens with one attached hydrogen (secondary N) is 2. The summed E-state index contributed by atoms with van der Waals surface area (Å²) in [6.45, 7) is 3.32. The van der Waals surface area contributed by atoms with E-state index in [1.165, 1.54) is 0 Å². The lowest BCUT2D eigenvalue weighted by atomic mass is 10.2. The molecule has 0 fully saturated rings. The second-order valence-corrected chi connectivity index (χ2v) is 4.59. The van der Waals surface area contributed by atoms with Crippen molar-refractivity contribution in [3.63, 3.8) is 0 Å². The zero-order chi connectivity index (χ0) is 15.1. The van der Waals surface area contributed by atoms with Gasteiger partial charge < -0.3 is 19.8 Å². The van der Waals surface area contributed by atoms with Crippen LogP contribution in [0.3, 0.4) is 0 Å². The predicted octanol–water partition coefficient (Wildman–Crippen LogP) is 2.25. The van der Waals surface area contributed by atoms with Gasteiger partial charge in [0, 0.05) is 24.9 Å². The van der Waals surface area contributed by atoms with Crippen LogP contribution in [0.2, 0.25) is 0 Å². The first-order valence-corrected chi connectivity index (χ1v) is 6.71. The van der Waals surface area contributed by atoms with Crippen LogP contribution in [0.25, 0.3) is 11.5 Å². The lowest BCUT2D eigenvalue weighted by molar-refractivity contribution is -0.115. The molecular formula is C15H20ClN3O3. The maximum absolute atomic E-state index is 11.8. The first kappa shape index (κ1) is 18.2. The number of carbonyl (C=O) groups is 1. The largest absolute Gasteiger partial charge is 0.444 e. The molecule has 120 valence electrons. The Balaban J connectivity index is 0.00000242. The van der Waals surface area contributed by atoms with Gasteiger partial charge in [0.25, 0.3) is 0 Å². The zero-order valence-corrected chi connectivity index (χ0v) is 13.4. The predicted molar refractivity (Wildman–Crippen MR) is 87.3 cm³/mol. The summed E-state index contributed by atoms with van der Waals surface area (Å²) in [6, 6.07) is 7.39. The number of rotatable bonds is 7. The smallest absolute Gasteiger partial charge is 0.238 e. The minimum atomic E-state index is -0.105. The van der Waals surface area contributed by atoms with Gasteiger partial charge in [0.05, 0.1) is 18.8 Å². The summed E-state index contributed by atoms with van der Waals surface area (Å²) in [5, 5.41) is 5.81. The number of aromatic nitrogens is 1. The second-order valence-electron chi connectivity index (χ2n) is 4.59. The van der Waals surface area contributed by atoms with Crippen molar-refractivity contribution in [3.8, 4) is 11.5 Å². The van der Waals surface area contributed by atoms with Crippen LogP contribution in [0.4, 0.5) is 5.69 Å². The minimum absolute atomic E-state index is 0. The Labute approximate surface area is 135 Å². The quantitative estimate of drug-likeness (QED) is 0.764. The van der Waals surface area contributed by atoms with Gasteiger partial charge in [-0.1, -0.05) is 6.07 Å². The van der Waals surface area contributed by atoms with Gasteiger partial charge >= 0.3 is 0 Å². The highest BCUT2D eigenvalue weighted by molar-refractivity contribution is 5.92. The second kappa shape index (κ2) is 9.19. The molecule has 0 saturated carbocycles. The van der Waals surface area contributed by atoms with Crippen molar-refractivity contribution in [2.24, 2.45) is 0 Å². The van der Waals surface area contributed by atoms with E-state index in [-0.39, 0.29) is 24.9 Å². The first-order valence-electron chi connectivity index (χ1n) is 6.71. The molecule has 0 aliphatic heterocycles. The molecule has 0 spiro atoms. The molecule has 1 heterocycles. The van der Waals surface area contributed by atoms with Crippen molar-refractivity contribution >= 4 is 24.0 Å². The van der Waals surface area contributed by atoms with Crippen LogP contribution in [-0.4, -0.2) is 37.7 Å². The highest BCUT2D eigenvalue weighted by atomic mass is 35.5. The molecule has 0 bridgehead atoms. The third kappa shape index (κ3) is 5.48. The van der Waals surface area contributed by atoms with Gasteiger partial charge in [-0.15, -0.1) is 12.4 Å². The van der Waals surface area contributed by atoms with Crippen LogP contribution >= 0.6 is 12.4 Å². The Morgan fingerprint density at radius 3 is 2.91 bits per heavy atom. The van der Waals surface area contributed by atoms with Crippen molar-refractivity contribution in [1.82, 2.24) is 10.3 Å². The number of oxazole rings is 1. The molecule has 1 aromatic heterocycles. The van der Waals surface area contributed by atoms with E-state index in [1.807, 2.05) is 31.2 Å². The van der Waals surface area contributed by atoms with Crippen LogP contribution in [-0.2, 0) is 9.53 Å². The molecule has 2 aromatic rings. The van der Waals surface area contributed by atoms with Gasteiger partial charge in [-0.2, -0.15) is 0 Å². The number of aryl methyl sites for hydroxylation is 1. The number of methoxy groups -OCH3 is 1. The monoisotopic (exact) mass is 325 g/mol. The van der Waals surface area contributed by atoms with Crippen LogP contribution < -0.4 is 10.6 Å². The number of amides is 1. The molecule has 1 amide bonds. The molecule has 0 saturated heterocycles. The highest BCUT2D eigenvalue weighted by Crippen LogP contribution is 2.21. The topological polar surface area (TPSA) is 76.4 Å². The van der Waals surface area contributed by atoms with Gasteiger partial charge in [-0.3, -0.25) is 4.79 Å². The number of halogens is 1. The number of ether oxygens (including phenoxy) is 1. The molecule has 0 aliphatic carbocycles. The number of hydrogen-bond acceptors (Lipinski definition) is 5. The molecule has 0 aliphatic rings. The maximum Gasteiger partial charge on any atom is 0.238 e. The molecule has 1 aromatic carbocycles. The summed E-state index contributed by atoms with van der Waals surface area (Å²) in [5.74, 6) is 0.439. The number of carbonyl (C=O) groups excluding carboxylic acids is 1. The molecular weight excluding hydrogens is 306 g/mol. The number of nitrogens with zero attached hydrogens (tertiary/aromatic N) is 1. The average Bonchev–Trinajstić information content (AvgIpc) is 2.91. The molecule has 0 unspecified atom stereocenters. The van der Waals surface area contributed by atoms with Crippen LogP contribution in [0.5, 0.6) is 0 Å². The van der Waals surface area contributed by atoms with E-state index in [2.05, 4.69) is 15.6 Å². The minimum Gasteiger partial charge on any atom is -0.444 e. The van der Waals surface area contributed by atoms with Crippen molar-refractivity contribution in [2.45, 2.75) is 6.92 Å². The molecule has 0 radical (unpaired) electrons. The average molecular weight is 326 g/mol. The van der Waals surface area contributed by atoms with E-state index in [0.717, 1.165) is 11.3 Å². The fraction of sp³-hybridized carbons (Fsp3) is 0.333. The van der Waals surface area contributed by atoms with E-state index in [1.54, 1.807) is 13.4 Å². The Kier molecular flexibility index (Phi) is 7.59. The van der Waals surface area contributed by atoms with Crippen molar-refractivity contribution < 1.29 is 13.9 Å². The van der Waals surface area contributed by atoms with E-state index < -0.39 is 0 Å². The van der Waals surface area contributed by atoms with Crippen molar-refractivity contribution in [2.75, 3.05) is 32.1 Å². The third-order valence-corrected chi connectivity index (χ3v) is 2.78. The van der Waals surface area contributed by atoms with Gasteiger partial charge in [0.2, 0.25) is 11.8 Å². The van der Waals surface area contributed by atoms with Gasteiger partial charge in [-0.25, -0.2) is 4.98 Å². The fourth-order valence-corrected chi connectivity index (χ4v) is 1.80. The Hall–Kier alpha value is -1.89. The SMILES string of the molecule is COCCNCC(=O)Nc1cccc(-c2nc(C)co2)c1.Cl. The summed E-state index contributed by atoms with van der Waals surface area (Å²) in [6.07, 6.45) is 1.60. The number of hydrogen-bond donors (Lipinski definition) is 2. The summed E-state index contributed by atoms with van der Waals surface area (Å²) in [4.78, 5) is 16.0. The summed E-state index contributed by atoms with van der Waals surface area (Å²) in [7, 11) is 1.62. The maximum atomic E-state index is 11.8. The highest BCUT2D eigenvalue weighted by Gasteiger charge is 2.07. The standard InChI is InChI=1S/C15H19N3O3.ClH/c1-11-10-21-15(17-11)12-4-3-5-13(8-12)18-14(19)9-16-6-7-20-2;/h3-5,8,10,16H,6-7,9H2,1-2H3,(H,18,19);1H. The molecule has 0 atom stereocenters.